The van der Waals surface area contributed by atoms with Crippen LogP contribution in [-0.2, 0) is 16.0 Å². The lowest BCUT2D eigenvalue weighted by atomic mass is 10.2. The van der Waals surface area contributed by atoms with Gasteiger partial charge < -0.3 is 15.2 Å². The third-order valence-corrected chi connectivity index (χ3v) is 5.19. The Morgan fingerprint density at radius 3 is 2.48 bits per heavy atom. The molecule has 1 aliphatic carbocycles. The first-order chi connectivity index (χ1) is 12.9. The molecule has 6 nitrogen and oxygen atoms in total. The average molecular weight is 368 g/mol. The number of aromatic nitrogens is 2. The molecule has 2 amide bonds. The lowest BCUT2D eigenvalue weighted by molar-refractivity contribution is -0.116. The van der Waals surface area contributed by atoms with E-state index in [2.05, 4.69) is 22.1 Å². The number of aryl methyl sites for hydroxylation is 2. The minimum absolute atomic E-state index is 0.0498. The summed E-state index contributed by atoms with van der Waals surface area (Å²) in [6.07, 6.45) is 5.95. The van der Waals surface area contributed by atoms with Crippen molar-refractivity contribution in [2.75, 3.05) is 10.6 Å². The van der Waals surface area contributed by atoms with Gasteiger partial charge >= 0.3 is 0 Å². The van der Waals surface area contributed by atoms with Gasteiger partial charge in [0.15, 0.2) is 0 Å². The molecule has 6 heteroatoms. The van der Waals surface area contributed by atoms with E-state index in [4.69, 9.17) is 4.98 Å². The molecule has 1 aliphatic rings. The quantitative estimate of drug-likeness (QED) is 0.804. The van der Waals surface area contributed by atoms with Gasteiger partial charge in [0.25, 0.3) is 0 Å². The number of carbonyl (C=O) groups is 2. The Bertz CT molecular complexity index is 835. The molecular formula is C21H28N4O2. The van der Waals surface area contributed by atoms with E-state index in [1.165, 1.54) is 38.3 Å². The highest BCUT2D eigenvalue weighted by Gasteiger charge is 2.23. The van der Waals surface area contributed by atoms with Crippen molar-refractivity contribution < 1.29 is 9.59 Å². The van der Waals surface area contributed by atoms with Crippen LogP contribution in [0.3, 0.4) is 0 Å². The summed E-state index contributed by atoms with van der Waals surface area (Å²) in [6.45, 7) is 5.62. The zero-order chi connectivity index (χ0) is 19.4. The van der Waals surface area contributed by atoms with Crippen molar-refractivity contribution in [2.24, 2.45) is 0 Å². The van der Waals surface area contributed by atoms with E-state index >= 15 is 0 Å². The van der Waals surface area contributed by atoms with Crippen molar-refractivity contribution in [3.63, 3.8) is 0 Å². The molecule has 1 heterocycles. The lowest BCUT2D eigenvalue weighted by Gasteiger charge is -2.17. The zero-order valence-corrected chi connectivity index (χ0v) is 16.3. The van der Waals surface area contributed by atoms with Crippen molar-refractivity contribution in [1.29, 1.82) is 0 Å². The van der Waals surface area contributed by atoms with E-state index < -0.39 is 0 Å². The number of rotatable bonds is 6. The summed E-state index contributed by atoms with van der Waals surface area (Å²) in [5, 5.41) is 5.63. The van der Waals surface area contributed by atoms with Gasteiger partial charge in [0, 0.05) is 42.9 Å². The van der Waals surface area contributed by atoms with Gasteiger partial charge in [-0.3, -0.25) is 9.59 Å². The van der Waals surface area contributed by atoms with Crippen LogP contribution < -0.4 is 10.6 Å². The van der Waals surface area contributed by atoms with Crippen molar-refractivity contribution >= 4 is 23.2 Å². The Morgan fingerprint density at radius 2 is 1.81 bits per heavy atom. The number of anilines is 2. The number of nitrogens with one attached hydrogen (secondary N) is 2. The highest BCUT2D eigenvalue weighted by Crippen LogP contribution is 2.32. The third-order valence-electron chi connectivity index (χ3n) is 5.19. The molecule has 0 unspecified atom stereocenters. The maximum Gasteiger partial charge on any atom is 0.224 e. The van der Waals surface area contributed by atoms with Crippen molar-refractivity contribution in [3.05, 3.63) is 41.5 Å². The second-order valence-electron chi connectivity index (χ2n) is 7.32. The van der Waals surface area contributed by atoms with Crippen molar-refractivity contribution in [3.8, 4) is 0 Å². The summed E-state index contributed by atoms with van der Waals surface area (Å²) in [7, 11) is 0. The summed E-state index contributed by atoms with van der Waals surface area (Å²) in [6, 6.07) is 7.70. The molecule has 0 atom stereocenters. The molecule has 27 heavy (non-hydrogen) atoms. The molecule has 1 aromatic carbocycles. The first-order valence-electron chi connectivity index (χ1n) is 9.66. The molecule has 0 bridgehead atoms. The summed E-state index contributed by atoms with van der Waals surface area (Å²) in [5.74, 6) is 0.827. The average Bonchev–Trinajstić information content (AvgIpc) is 3.21. The molecule has 3 rings (SSSR count). The fourth-order valence-corrected chi connectivity index (χ4v) is 3.85. The standard InChI is InChI=1S/C21H28N4O2/c1-14-15(2)25(19-9-4-5-10-19)20(22-14)11-12-21(27)24-18-8-6-7-17(13-18)23-16(3)26/h6-8,13,19H,4-5,9-12H2,1-3H3,(H,23,26)(H,24,27). The lowest BCUT2D eigenvalue weighted by Crippen LogP contribution is -2.16. The molecule has 2 aromatic rings. The first kappa shape index (κ1) is 19.1. The van der Waals surface area contributed by atoms with Gasteiger partial charge in [-0.05, 0) is 44.9 Å². The first-order valence-corrected chi connectivity index (χ1v) is 9.66. The number of hydrogen-bond acceptors (Lipinski definition) is 3. The molecule has 1 aromatic heterocycles. The van der Waals surface area contributed by atoms with Gasteiger partial charge in [-0.25, -0.2) is 4.98 Å². The van der Waals surface area contributed by atoms with Gasteiger partial charge in [-0.2, -0.15) is 0 Å². The molecule has 144 valence electrons. The Balaban J connectivity index is 1.63. The molecule has 2 N–H and O–H groups in total. The minimum atomic E-state index is -0.136. The van der Waals surface area contributed by atoms with Crippen LogP contribution in [0.4, 0.5) is 11.4 Å². The van der Waals surface area contributed by atoms with Crippen molar-refractivity contribution in [2.45, 2.75) is 65.3 Å². The number of amides is 2. The van der Waals surface area contributed by atoms with Crippen LogP contribution >= 0.6 is 0 Å². The molecule has 0 spiro atoms. The van der Waals surface area contributed by atoms with E-state index in [0.29, 0.717) is 30.3 Å². The summed E-state index contributed by atoms with van der Waals surface area (Å²) in [4.78, 5) is 28.3. The monoisotopic (exact) mass is 368 g/mol. The third kappa shape index (κ3) is 4.76. The zero-order valence-electron chi connectivity index (χ0n) is 16.3. The van der Waals surface area contributed by atoms with E-state index in [1.54, 1.807) is 18.2 Å². The van der Waals surface area contributed by atoms with Crippen LogP contribution in [0, 0.1) is 13.8 Å². The Morgan fingerprint density at radius 1 is 1.15 bits per heavy atom. The predicted octanol–water partition coefficient (Wildman–Crippen LogP) is 4.14. The Labute approximate surface area is 160 Å². The number of carbonyl (C=O) groups excluding carboxylic acids is 2. The SMILES string of the molecule is CC(=O)Nc1cccc(NC(=O)CCc2nc(C)c(C)n2C2CCCC2)c1. The number of hydrogen-bond donors (Lipinski definition) is 2. The van der Waals surface area contributed by atoms with E-state index in [9.17, 15) is 9.59 Å². The maximum absolute atomic E-state index is 12.4. The fourth-order valence-electron chi connectivity index (χ4n) is 3.85. The summed E-state index contributed by atoms with van der Waals surface area (Å²) < 4.78 is 2.35. The van der Waals surface area contributed by atoms with Gasteiger partial charge in [0.2, 0.25) is 11.8 Å². The van der Waals surface area contributed by atoms with Crippen LogP contribution in [0.15, 0.2) is 24.3 Å². The molecule has 0 saturated heterocycles. The second kappa shape index (κ2) is 8.37. The maximum atomic E-state index is 12.4. The van der Waals surface area contributed by atoms with Gasteiger partial charge in [-0.15, -0.1) is 0 Å². The van der Waals surface area contributed by atoms with Crippen LogP contribution in [-0.4, -0.2) is 21.4 Å². The van der Waals surface area contributed by atoms with Crippen LogP contribution in [0.5, 0.6) is 0 Å². The highest BCUT2D eigenvalue weighted by molar-refractivity contribution is 5.93. The molecule has 1 saturated carbocycles. The van der Waals surface area contributed by atoms with Crippen LogP contribution in [0.25, 0.3) is 0 Å². The normalized spacial score (nSPS) is 14.3. The smallest absolute Gasteiger partial charge is 0.224 e. The van der Waals surface area contributed by atoms with Crippen LogP contribution in [0.1, 0.15) is 62.3 Å². The Kier molecular flexibility index (Phi) is 5.94. The largest absolute Gasteiger partial charge is 0.329 e. The number of benzene rings is 1. The van der Waals surface area contributed by atoms with Gasteiger partial charge in [0.05, 0.1) is 5.69 Å². The fraction of sp³-hybridized carbons (Fsp3) is 0.476. The molecule has 0 aliphatic heterocycles. The minimum Gasteiger partial charge on any atom is -0.329 e. The van der Waals surface area contributed by atoms with E-state index in [0.717, 1.165) is 11.5 Å². The van der Waals surface area contributed by atoms with Gasteiger partial charge in [-0.1, -0.05) is 18.9 Å². The van der Waals surface area contributed by atoms with Crippen molar-refractivity contribution in [1.82, 2.24) is 9.55 Å². The predicted molar refractivity (Wildman–Crippen MR) is 107 cm³/mol. The van der Waals surface area contributed by atoms with E-state index in [1.807, 2.05) is 13.0 Å². The van der Waals surface area contributed by atoms with Gasteiger partial charge in [0.1, 0.15) is 5.82 Å². The molecular weight excluding hydrogens is 340 g/mol. The summed E-state index contributed by atoms with van der Waals surface area (Å²) in [5.41, 5.74) is 3.63. The number of imidazole rings is 1. The number of nitrogens with zero attached hydrogens (tertiary/aromatic N) is 2. The Hall–Kier alpha value is -2.63. The van der Waals surface area contributed by atoms with E-state index in [-0.39, 0.29) is 11.8 Å². The topological polar surface area (TPSA) is 76.0 Å². The summed E-state index contributed by atoms with van der Waals surface area (Å²) >= 11 is 0. The molecule has 0 radical (unpaired) electrons. The van der Waals surface area contributed by atoms with Crippen LogP contribution in [0.2, 0.25) is 0 Å². The second-order valence-corrected chi connectivity index (χ2v) is 7.32. The highest BCUT2D eigenvalue weighted by atomic mass is 16.2. The molecule has 1 fully saturated rings.